The summed E-state index contributed by atoms with van der Waals surface area (Å²) in [6.45, 7) is 9.48. The summed E-state index contributed by atoms with van der Waals surface area (Å²) in [5.74, 6) is -1.07. The Morgan fingerprint density at radius 2 is 1.92 bits per heavy atom. The average Bonchev–Trinajstić information content (AvgIpc) is 3.57. The first kappa shape index (κ1) is 27.9. The highest BCUT2D eigenvalue weighted by Crippen LogP contribution is 2.44. The number of hydrogen-bond acceptors (Lipinski definition) is 6. The lowest BCUT2D eigenvalue weighted by Gasteiger charge is -2.29. The normalized spacial score (nSPS) is 17.7. The van der Waals surface area contributed by atoms with Crippen LogP contribution in [0.25, 0.3) is 5.52 Å². The topological polar surface area (TPSA) is 80.6 Å². The SMILES string of the molecule is CCOC(=O)c1cc(C2CC2)c2c(C)c(N3CCC(CN(CCF)C(=O)OC(C)(C)C)C3)c(F)cn2c1=O. The molecule has 2 aromatic rings. The highest BCUT2D eigenvalue weighted by molar-refractivity contribution is 5.90. The van der Waals surface area contributed by atoms with Gasteiger partial charge in [0.05, 0.1) is 30.6 Å². The van der Waals surface area contributed by atoms with E-state index in [0.29, 0.717) is 42.8 Å². The highest BCUT2D eigenvalue weighted by atomic mass is 19.1. The number of carbonyl (C=O) groups is 2. The van der Waals surface area contributed by atoms with Gasteiger partial charge in [0.15, 0.2) is 5.82 Å². The summed E-state index contributed by atoms with van der Waals surface area (Å²) in [7, 11) is 0. The van der Waals surface area contributed by atoms with Gasteiger partial charge in [0.25, 0.3) is 5.56 Å². The smallest absolute Gasteiger partial charge is 0.410 e. The first-order chi connectivity index (χ1) is 17.9. The van der Waals surface area contributed by atoms with Crippen LogP contribution in [-0.2, 0) is 9.47 Å². The van der Waals surface area contributed by atoms with Gasteiger partial charge in [0, 0.05) is 19.6 Å². The minimum absolute atomic E-state index is 0.000352. The fourth-order valence-corrected chi connectivity index (χ4v) is 5.27. The van der Waals surface area contributed by atoms with Gasteiger partial charge in [-0.15, -0.1) is 0 Å². The molecule has 4 rings (SSSR count). The van der Waals surface area contributed by atoms with Gasteiger partial charge in [0.1, 0.15) is 17.8 Å². The van der Waals surface area contributed by atoms with Crippen molar-refractivity contribution < 1.29 is 27.8 Å². The molecular weight excluding hydrogens is 496 g/mol. The van der Waals surface area contributed by atoms with Gasteiger partial charge in [-0.1, -0.05) is 0 Å². The van der Waals surface area contributed by atoms with E-state index in [9.17, 15) is 18.8 Å². The van der Waals surface area contributed by atoms with Crippen molar-refractivity contribution in [2.24, 2.45) is 5.92 Å². The Bertz CT molecular complexity index is 1280. The predicted molar refractivity (Wildman–Crippen MR) is 140 cm³/mol. The van der Waals surface area contributed by atoms with Crippen molar-refractivity contribution >= 4 is 23.3 Å². The second-order valence-corrected chi connectivity index (χ2v) is 11.2. The number of nitrogens with zero attached hydrogens (tertiary/aromatic N) is 3. The molecule has 1 amide bonds. The third-order valence-corrected chi connectivity index (χ3v) is 7.04. The standard InChI is InChI=1S/C28H37F2N3O5/c1-6-37-26(35)21-13-20(19-7-8-19)23-17(2)24(22(30)16-33(23)25(21)34)31-11-9-18(14-31)15-32(12-10-29)27(36)38-28(3,4)5/h13,16,18-19H,6-12,14-15H2,1-5H3. The van der Waals surface area contributed by atoms with Gasteiger partial charge < -0.3 is 19.3 Å². The van der Waals surface area contributed by atoms with Crippen LogP contribution in [0.3, 0.4) is 0 Å². The van der Waals surface area contributed by atoms with Crippen LogP contribution in [0.5, 0.6) is 0 Å². The third kappa shape index (κ3) is 5.78. The summed E-state index contributed by atoms with van der Waals surface area (Å²) in [5.41, 5.74) is 1.13. The van der Waals surface area contributed by atoms with Crippen LogP contribution in [-0.4, -0.2) is 66.4 Å². The van der Waals surface area contributed by atoms with Crippen LogP contribution >= 0.6 is 0 Å². The van der Waals surface area contributed by atoms with Crippen molar-refractivity contribution in [3.05, 3.63) is 45.1 Å². The largest absolute Gasteiger partial charge is 0.462 e. The fourth-order valence-electron chi connectivity index (χ4n) is 5.27. The molecule has 1 unspecified atom stereocenters. The van der Waals surface area contributed by atoms with E-state index in [2.05, 4.69) is 0 Å². The fraction of sp³-hybridized carbons (Fsp3) is 0.607. The molecule has 10 heteroatoms. The van der Waals surface area contributed by atoms with Crippen LogP contribution in [0.4, 0.5) is 19.3 Å². The number of carbonyl (C=O) groups excluding carboxylic acids is 2. The van der Waals surface area contributed by atoms with Crippen LogP contribution < -0.4 is 10.5 Å². The molecule has 0 bridgehead atoms. The Hall–Kier alpha value is -3.17. The van der Waals surface area contributed by atoms with E-state index in [1.165, 1.54) is 9.30 Å². The third-order valence-electron chi connectivity index (χ3n) is 7.04. The van der Waals surface area contributed by atoms with E-state index in [4.69, 9.17) is 9.47 Å². The number of esters is 1. The van der Waals surface area contributed by atoms with Gasteiger partial charge in [-0.2, -0.15) is 0 Å². The quantitative estimate of drug-likeness (QED) is 0.452. The lowest BCUT2D eigenvalue weighted by molar-refractivity contribution is 0.0213. The summed E-state index contributed by atoms with van der Waals surface area (Å²) in [4.78, 5) is 41.5. The van der Waals surface area contributed by atoms with Crippen LogP contribution in [0, 0.1) is 18.7 Å². The maximum absolute atomic E-state index is 15.6. The molecule has 1 saturated carbocycles. The second-order valence-electron chi connectivity index (χ2n) is 11.2. The molecule has 3 heterocycles. The molecule has 0 radical (unpaired) electrons. The number of alkyl halides is 1. The number of hydrogen-bond donors (Lipinski definition) is 0. The lowest BCUT2D eigenvalue weighted by atomic mass is 10.0. The molecule has 2 aliphatic rings. The summed E-state index contributed by atoms with van der Waals surface area (Å²) in [5, 5.41) is 0. The number of ether oxygens (including phenoxy) is 2. The number of pyridine rings is 2. The first-order valence-electron chi connectivity index (χ1n) is 13.3. The van der Waals surface area contributed by atoms with Crippen molar-refractivity contribution in [2.75, 3.05) is 44.4 Å². The minimum Gasteiger partial charge on any atom is -0.462 e. The second kappa shape index (κ2) is 10.9. The van der Waals surface area contributed by atoms with Gasteiger partial charge in [-0.05, 0) is 82.9 Å². The molecule has 0 aromatic carbocycles. The molecule has 2 fully saturated rings. The summed E-state index contributed by atoms with van der Waals surface area (Å²) < 4.78 is 40.6. The Kier molecular flexibility index (Phi) is 7.99. The van der Waals surface area contributed by atoms with Crippen molar-refractivity contribution in [2.45, 2.75) is 65.4 Å². The molecule has 8 nitrogen and oxygen atoms in total. The molecule has 38 heavy (non-hydrogen) atoms. The van der Waals surface area contributed by atoms with Crippen molar-refractivity contribution in [3.8, 4) is 0 Å². The Morgan fingerprint density at radius 1 is 1.21 bits per heavy atom. The zero-order chi connectivity index (χ0) is 27.8. The van der Waals surface area contributed by atoms with Crippen molar-refractivity contribution in [3.63, 3.8) is 0 Å². The Morgan fingerprint density at radius 3 is 2.53 bits per heavy atom. The molecule has 1 aliphatic heterocycles. The molecule has 0 spiro atoms. The highest BCUT2D eigenvalue weighted by Gasteiger charge is 2.34. The number of halogens is 2. The molecular formula is C28H37F2N3O5. The first-order valence-corrected chi connectivity index (χ1v) is 13.3. The molecule has 1 atom stereocenters. The van der Waals surface area contributed by atoms with E-state index in [1.807, 2.05) is 4.90 Å². The van der Waals surface area contributed by atoms with Gasteiger partial charge in [0.2, 0.25) is 0 Å². The zero-order valence-corrected chi connectivity index (χ0v) is 22.8. The van der Waals surface area contributed by atoms with Crippen molar-refractivity contribution in [1.29, 1.82) is 0 Å². The molecule has 0 N–H and O–H groups in total. The van der Waals surface area contributed by atoms with E-state index < -0.39 is 35.7 Å². The van der Waals surface area contributed by atoms with Gasteiger partial charge in [-0.3, -0.25) is 9.20 Å². The molecule has 208 valence electrons. The lowest BCUT2D eigenvalue weighted by Crippen LogP contribution is -2.41. The monoisotopic (exact) mass is 533 g/mol. The number of anilines is 1. The Labute approximate surface area is 221 Å². The van der Waals surface area contributed by atoms with Crippen LogP contribution in [0.1, 0.15) is 74.4 Å². The average molecular weight is 534 g/mol. The zero-order valence-electron chi connectivity index (χ0n) is 22.8. The van der Waals surface area contributed by atoms with Crippen LogP contribution in [0.2, 0.25) is 0 Å². The summed E-state index contributed by atoms with van der Waals surface area (Å²) >= 11 is 0. The minimum atomic E-state index is -0.707. The number of amides is 1. The Balaban J connectivity index is 1.64. The van der Waals surface area contributed by atoms with Gasteiger partial charge in [-0.25, -0.2) is 18.4 Å². The number of aryl methyl sites for hydroxylation is 1. The van der Waals surface area contributed by atoms with Gasteiger partial charge >= 0.3 is 12.1 Å². The predicted octanol–water partition coefficient (Wildman–Crippen LogP) is 4.83. The van der Waals surface area contributed by atoms with E-state index in [0.717, 1.165) is 24.6 Å². The summed E-state index contributed by atoms with van der Waals surface area (Å²) in [6.07, 6.45) is 3.16. The maximum Gasteiger partial charge on any atom is 0.410 e. The summed E-state index contributed by atoms with van der Waals surface area (Å²) in [6, 6.07) is 1.62. The van der Waals surface area contributed by atoms with E-state index >= 15 is 4.39 Å². The number of rotatable bonds is 8. The molecule has 1 aliphatic carbocycles. The van der Waals surface area contributed by atoms with E-state index in [-0.39, 0.29) is 30.6 Å². The van der Waals surface area contributed by atoms with Crippen molar-refractivity contribution in [1.82, 2.24) is 9.30 Å². The molecule has 2 aromatic heterocycles. The van der Waals surface area contributed by atoms with E-state index in [1.54, 1.807) is 40.7 Å². The maximum atomic E-state index is 15.6. The number of fused-ring (bicyclic) bond motifs is 1. The molecule has 1 saturated heterocycles. The van der Waals surface area contributed by atoms with Crippen LogP contribution in [0.15, 0.2) is 17.1 Å². The number of aromatic nitrogens is 1.